The van der Waals surface area contributed by atoms with Crippen molar-refractivity contribution >= 4 is 27.3 Å². The molecule has 4 nitrogen and oxygen atoms in total. The number of rotatable bonds is 5. The molecule has 0 radical (unpaired) electrons. The number of aromatic nitrogens is 3. The van der Waals surface area contributed by atoms with Crippen molar-refractivity contribution in [3.63, 3.8) is 0 Å². The van der Waals surface area contributed by atoms with Crippen molar-refractivity contribution in [3.05, 3.63) is 32.9 Å². The van der Waals surface area contributed by atoms with E-state index in [1.165, 1.54) is 4.88 Å². The number of hydrogen-bond donors (Lipinski definition) is 1. The lowest BCUT2D eigenvalue weighted by Crippen LogP contribution is -2.16. The molecular formula is C11H15BrN4S. The van der Waals surface area contributed by atoms with Crippen molar-refractivity contribution < 1.29 is 0 Å². The van der Waals surface area contributed by atoms with E-state index >= 15 is 0 Å². The molecule has 0 aliphatic carbocycles. The fraction of sp³-hybridized carbons (Fsp3) is 0.455. The highest BCUT2D eigenvalue weighted by Gasteiger charge is 2.13. The molecule has 2 N–H and O–H groups in total. The highest BCUT2D eigenvalue weighted by atomic mass is 79.9. The van der Waals surface area contributed by atoms with Gasteiger partial charge in [0.25, 0.3) is 0 Å². The minimum Gasteiger partial charge on any atom is -0.323 e. The Hall–Kier alpha value is -0.720. The van der Waals surface area contributed by atoms with Gasteiger partial charge >= 0.3 is 0 Å². The van der Waals surface area contributed by atoms with Crippen molar-refractivity contribution in [1.82, 2.24) is 14.8 Å². The van der Waals surface area contributed by atoms with Gasteiger partial charge in [-0.05, 0) is 34.5 Å². The average molecular weight is 315 g/mol. The van der Waals surface area contributed by atoms with Crippen LogP contribution >= 0.6 is 27.3 Å². The molecule has 0 aliphatic heterocycles. The summed E-state index contributed by atoms with van der Waals surface area (Å²) < 4.78 is 3.04. The highest BCUT2D eigenvalue weighted by molar-refractivity contribution is 9.11. The lowest BCUT2D eigenvalue weighted by molar-refractivity contribution is 0.550. The van der Waals surface area contributed by atoms with Gasteiger partial charge in [0, 0.05) is 23.9 Å². The molecule has 1 atom stereocenters. The van der Waals surface area contributed by atoms with Gasteiger partial charge in [-0.15, -0.1) is 11.3 Å². The van der Waals surface area contributed by atoms with Crippen molar-refractivity contribution in [2.75, 3.05) is 0 Å². The van der Waals surface area contributed by atoms with E-state index in [0.29, 0.717) is 0 Å². The van der Waals surface area contributed by atoms with E-state index in [4.69, 9.17) is 5.73 Å². The quantitative estimate of drug-likeness (QED) is 0.923. The van der Waals surface area contributed by atoms with Crippen LogP contribution in [0.5, 0.6) is 0 Å². The molecule has 6 heteroatoms. The summed E-state index contributed by atoms with van der Waals surface area (Å²) in [5.41, 5.74) is 6.17. The van der Waals surface area contributed by atoms with Crippen LogP contribution in [0.15, 0.2) is 22.2 Å². The predicted molar refractivity (Wildman–Crippen MR) is 73.0 cm³/mol. The number of aryl methyl sites for hydroxylation is 1. The zero-order valence-corrected chi connectivity index (χ0v) is 12.0. The monoisotopic (exact) mass is 314 g/mol. The molecule has 0 saturated carbocycles. The van der Waals surface area contributed by atoms with Crippen LogP contribution in [0.1, 0.15) is 30.1 Å². The fourth-order valence-electron chi connectivity index (χ4n) is 1.67. The zero-order valence-electron chi connectivity index (χ0n) is 9.64. The molecule has 0 amide bonds. The van der Waals surface area contributed by atoms with E-state index in [-0.39, 0.29) is 6.04 Å². The number of nitrogens with zero attached hydrogens (tertiary/aromatic N) is 3. The summed E-state index contributed by atoms with van der Waals surface area (Å²) in [6.45, 7) is 3.03. The third-order valence-electron chi connectivity index (χ3n) is 2.49. The second-order valence-electron chi connectivity index (χ2n) is 3.85. The van der Waals surface area contributed by atoms with Gasteiger partial charge in [-0.1, -0.05) is 6.92 Å². The normalized spacial score (nSPS) is 12.9. The summed E-state index contributed by atoms with van der Waals surface area (Å²) >= 11 is 5.12. The largest absolute Gasteiger partial charge is 0.323 e. The lowest BCUT2D eigenvalue weighted by atomic mass is 10.2. The van der Waals surface area contributed by atoms with Crippen LogP contribution in [-0.2, 0) is 13.0 Å². The number of thiophene rings is 1. The molecule has 0 aliphatic rings. The number of nitrogens with two attached hydrogens (primary N) is 1. The summed E-state index contributed by atoms with van der Waals surface area (Å²) in [6, 6.07) is 4.07. The van der Waals surface area contributed by atoms with Crippen LogP contribution in [0.25, 0.3) is 0 Å². The first-order valence-electron chi connectivity index (χ1n) is 5.58. The first kappa shape index (κ1) is 12.7. The maximum absolute atomic E-state index is 6.17. The molecule has 2 aromatic heterocycles. The molecule has 0 saturated heterocycles. The summed E-state index contributed by atoms with van der Waals surface area (Å²) in [7, 11) is 0. The molecular weight excluding hydrogens is 300 g/mol. The van der Waals surface area contributed by atoms with E-state index in [9.17, 15) is 0 Å². The summed E-state index contributed by atoms with van der Waals surface area (Å²) in [5.74, 6) is 0.962. The van der Waals surface area contributed by atoms with Crippen molar-refractivity contribution in [2.24, 2.45) is 5.73 Å². The molecule has 0 fully saturated rings. The topological polar surface area (TPSA) is 56.7 Å². The van der Waals surface area contributed by atoms with Gasteiger partial charge in [-0.25, -0.2) is 4.98 Å². The Kier molecular flexibility index (Phi) is 4.31. The summed E-state index contributed by atoms with van der Waals surface area (Å²) in [6.07, 6.45) is 3.38. The van der Waals surface area contributed by atoms with Crippen LogP contribution in [0.4, 0.5) is 0 Å². The van der Waals surface area contributed by atoms with E-state index in [1.807, 2.05) is 10.7 Å². The smallest absolute Gasteiger partial charge is 0.138 e. The second kappa shape index (κ2) is 5.75. The third-order valence-corrected chi connectivity index (χ3v) is 4.25. The molecule has 0 aromatic carbocycles. The number of halogens is 1. The van der Waals surface area contributed by atoms with Gasteiger partial charge in [0.2, 0.25) is 0 Å². The predicted octanol–water partition coefficient (Wildman–Crippen LogP) is 2.75. The number of hydrogen-bond acceptors (Lipinski definition) is 4. The minimum atomic E-state index is -0.00824. The van der Waals surface area contributed by atoms with Gasteiger partial charge in [0.1, 0.15) is 12.2 Å². The van der Waals surface area contributed by atoms with Gasteiger partial charge < -0.3 is 5.73 Å². The Morgan fingerprint density at radius 1 is 1.53 bits per heavy atom. The SMILES string of the molecule is CCCn1ncnc1CC(N)c1ccc(Br)s1. The molecule has 2 heterocycles. The molecule has 17 heavy (non-hydrogen) atoms. The zero-order chi connectivity index (χ0) is 12.3. The van der Waals surface area contributed by atoms with E-state index in [0.717, 1.165) is 29.0 Å². The summed E-state index contributed by atoms with van der Waals surface area (Å²) in [5, 5.41) is 4.20. The Balaban J connectivity index is 2.07. The molecule has 92 valence electrons. The first-order valence-corrected chi connectivity index (χ1v) is 7.19. The fourth-order valence-corrected chi connectivity index (χ4v) is 3.09. The van der Waals surface area contributed by atoms with Gasteiger partial charge in [0.15, 0.2) is 0 Å². The van der Waals surface area contributed by atoms with Crippen LogP contribution in [0.2, 0.25) is 0 Å². The lowest BCUT2D eigenvalue weighted by Gasteiger charge is -2.09. The Morgan fingerprint density at radius 2 is 2.35 bits per heavy atom. The molecule has 1 unspecified atom stereocenters. The molecule has 0 spiro atoms. The van der Waals surface area contributed by atoms with Gasteiger partial charge in [-0.2, -0.15) is 5.10 Å². The van der Waals surface area contributed by atoms with Crippen LogP contribution in [0, 0.1) is 0 Å². The minimum absolute atomic E-state index is 0.00824. The molecule has 0 bridgehead atoms. The van der Waals surface area contributed by atoms with Gasteiger partial charge in [0.05, 0.1) is 3.79 Å². The van der Waals surface area contributed by atoms with E-state index in [1.54, 1.807) is 17.7 Å². The third kappa shape index (κ3) is 3.14. The van der Waals surface area contributed by atoms with E-state index < -0.39 is 0 Å². The van der Waals surface area contributed by atoms with Crippen LogP contribution in [0.3, 0.4) is 0 Å². The highest BCUT2D eigenvalue weighted by Crippen LogP contribution is 2.27. The Morgan fingerprint density at radius 3 is 3.00 bits per heavy atom. The van der Waals surface area contributed by atoms with Crippen molar-refractivity contribution in [3.8, 4) is 0 Å². The molecule has 2 rings (SSSR count). The van der Waals surface area contributed by atoms with Gasteiger partial charge in [-0.3, -0.25) is 4.68 Å². The van der Waals surface area contributed by atoms with Crippen molar-refractivity contribution in [1.29, 1.82) is 0 Å². The average Bonchev–Trinajstić information content (AvgIpc) is 2.89. The maximum atomic E-state index is 6.17. The van der Waals surface area contributed by atoms with E-state index in [2.05, 4.69) is 39.0 Å². The summed E-state index contributed by atoms with van der Waals surface area (Å²) in [4.78, 5) is 5.44. The maximum Gasteiger partial charge on any atom is 0.138 e. The first-order chi connectivity index (χ1) is 8.20. The van der Waals surface area contributed by atoms with Crippen LogP contribution < -0.4 is 5.73 Å². The van der Waals surface area contributed by atoms with Crippen LogP contribution in [-0.4, -0.2) is 14.8 Å². The Labute approximate surface area is 113 Å². The second-order valence-corrected chi connectivity index (χ2v) is 6.35. The Bertz CT molecular complexity index is 479. The van der Waals surface area contributed by atoms with Crippen molar-refractivity contribution in [2.45, 2.75) is 32.4 Å². The standard InChI is InChI=1S/C11H15BrN4S/c1-2-5-16-11(14-7-15-16)6-8(13)9-3-4-10(12)17-9/h3-4,7-8H,2,5-6,13H2,1H3. The molecule has 2 aromatic rings.